The van der Waals surface area contributed by atoms with Crippen molar-refractivity contribution in [1.82, 2.24) is 9.88 Å². The first kappa shape index (κ1) is 13.2. The van der Waals surface area contributed by atoms with Gasteiger partial charge in [-0.1, -0.05) is 6.42 Å². The predicted molar refractivity (Wildman–Crippen MR) is 77.0 cm³/mol. The number of nitrogens with two attached hydrogens (primary N) is 1. The molecule has 6 heteroatoms. The number of fused-ring (bicyclic) bond motifs is 1. The lowest BCUT2D eigenvalue weighted by atomic mass is 9.99. The molecule has 2 aliphatic rings. The number of pyridine rings is 1. The summed E-state index contributed by atoms with van der Waals surface area (Å²) in [6.45, 7) is 3.93. The van der Waals surface area contributed by atoms with Crippen molar-refractivity contribution >= 4 is 17.5 Å². The molecular weight excluding hydrogens is 256 g/mol. The number of carboxylic acids is 1. The van der Waals surface area contributed by atoms with Crippen LogP contribution in [0.15, 0.2) is 12.1 Å². The number of piperazine rings is 1. The van der Waals surface area contributed by atoms with E-state index < -0.39 is 5.97 Å². The number of rotatable bonds is 2. The van der Waals surface area contributed by atoms with Gasteiger partial charge in [-0.25, -0.2) is 9.78 Å². The Morgan fingerprint density at radius 2 is 2.15 bits per heavy atom. The molecule has 1 atom stereocenters. The summed E-state index contributed by atoms with van der Waals surface area (Å²) in [5, 5.41) is 9.06. The van der Waals surface area contributed by atoms with Crippen LogP contribution in [0.4, 0.5) is 11.5 Å². The van der Waals surface area contributed by atoms with Gasteiger partial charge in [0.15, 0.2) is 11.5 Å². The second kappa shape index (κ2) is 5.28. The molecule has 2 fully saturated rings. The van der Waals surface area contributed by atoms with Gasteiger partial charge in [0.25, 0.3) is 0 Å². The fraction of sp³-hybridized carbons (Fsp3) is 0.571. The number of carbonyl (C=O) groups is 1. The average Bonchev–Trinajstić information content (AvgIpc) is 2.47. The van der Waals surface area contributed by atoms with Gasteiger partial charge in [-0.05, 0) is 31.5 Å². The van der Waals surface area contributed by atoms with Crippen LogP contribution >= 0.6 is 0 Å². The van der Waals surface area contributed by atoms with E-state index in [1.54, 1.807) is 6.07 Å². The zero-order valence-corrected chi connectivity index (χ0v) is 11.5. The van der Waals surface area contributed by atoms with Gasteiger partial charge in [-0.3, -0.25) is 4.90 Å². The van der Waals surface area contributed by atoms with Crippen LogP contribution in [0.2, 0.25) is 0 Å². The Hall–Kier alpha value is -1.82. The molecular formula is C14H20N4O2. The highest BCUT2D eigenvalue weighted by Crippen LogP contribution is 2.27. The summed E-state index contributed by atoms with van der Waals surface area (Å²) in [7, 11) is 0. The van der Waals surface area contributed by atoms with E-state index in [0.29, 0.717) is 17.5 Å². The van der Waals surface area contributed by atoms with Gasteiger partial charge in [-0.2, -0.15) is 0 Å². The van der Waals surface area contributed by atoms with Crippen LogP contribution in [0.5, 0.6) is 0 Å². The molecule has 20 heavy (non-hydrogen) atoms. The molecule has 2 aliphatic heterocycles. The summed E-state index contributed by atoms with van der Waals surface area (Å²) in [6.07, 6.45) is 3.76. The smallest absolute Gasteiger partial charge is 0.354 e. The monoisotopic (exact) mass is 276 g/mol. The number of hydrogen-bond donors (Lipinski definition) is 2. The van der Waals surface area contributed by atoms with Gasteiger partial charge in [-0.15, -0.1) is 0 Å². The van der Waals surface area contributed by atoms with Crippen molar-refractivity contribution in [3.05, 3.63) is 17.8 Å². The molecule has 108 valence electrons. The van der Waals surface area contributed by atoms with Gasteiger partial charge < -0.3 is 15.7 Å². The zero-order chi connectivity index (χ0) is 14.1. The first-order valence-corrected chi connectivity index (χ1v) is 7.14. The van der Waals surface area contributed by atoms with Gasteiger partial charge in [0.1, 0.15) is 0 Å². The summed E-state index contributed by atoms with van der Waals surface area (Å²) >= 11 is 0. The standard InChI is InChI=1S/C14H20N4O2/c15-11-4-5-12(14(19)20)16-13(11)18-8-7-17-6-2-1-3-10(17)9-18/h4-5,10H,1-3,6-9,15H2,(H,19,20). The Bertz CT molecular complexity index is 520. The molecule has 0 amide bonds. The minimum atomic E-state index is -1.01. The third-order valence-electron chi connectivity index (χ3n) is 4.26. The van der Waals surface area contributed by atoms with Gasteiger partial charge in [0.05, 0.1) is 5.69 Å². The largest absolute Gasteiger partial charge is 0.477 e. The molecule has 1 aromatic rings. The number of aromatic carboxylic acids is 1. The highest BCUT2D eigenvalue weighted by molar-refractivity contribution is 5.87. The zero-order valence-electron chi connectivity index (χ0n) is 11.5. The Kier molecular flexibility index (Phi) is 3.48. The Morgan fingerprint density at radius 3 is 2.95 bits per heavy atom. The number of hydrogen-bond acceptors (Lipinski definition) is 5. The van der Waals surface area contributed by atoms with E-state index in [1.807, 2.05) is 0 Å². The van der Waals surface area contributed by atoms with Crippen molar-refractivity contribution in [3.8, 4) is 0 Å². The number of aromatic nitrogens is 1. The number of nitrogen functional groups attached to an aromatic ring is 1. The van der Waals surface area contributed by atoms with Crippen molar-refractivity contribution in [2.24, 2.45) is 0 Å². The van der Waals surface area contributed by atoms with E-state index in [-0.39, 0.29) is 5.69 Å². The summed E-state index contributed by atoms with van der Waals surface area (Å²) in [5.41, 5.74) is 6.59. The molecule has 2 saturated heterocycles. The van der Waals surface area contributed by atoms with Crippen LogP contribution in [0.3, 0.4) is 0 Å². The maximum Gasteiger partial charge on any atom is 0.354 e. The Balaban J connectivity index is 1.82. The molecule has 0 radical (unpaired) electrons. The third kappa shape index (κ3) is 2.43. The number of anilines is 2. The van der Waals surface area contributed by atoms with Gasteiger partial charge in [0.2, 0.25) is 0 Å². The summed E-state index contributed by atoms with van der Waals surface area (Å²) < 4.78 is 0. The first-order valence-electron chi connectivity index (χ1n) is 7.14. The van der Waals surface area contributed by atoms with E-state index >= 15 is 0 Å². The third-order valence-corrected chi connectivity index (χ3v) is 4.26. The topological polar surface area (TPSA) is 82.7 Å². The predicted octanol–water partition coefficient (Wildman–Crippen LogP) is 1.04. The molecule has 0 spiro atoms. The highest BCUT2D eigenvalue weighted by atomic mass is 16.4. The lowest BCUT2D eigenvalue weighted by Crippen LogP contribution is -2.55. The molecule has 0 saturated carbocycles. The van der Waals surface area contributed by atoms with Crippen LogP contribution in [0.25, 0.3) is 0 Å². The van der Waals surface area contributed by atoms with Crippen molar-refractivity contribution < 1.29 is 9.90 Å². The highest BCUT2D eigenvalue weighted by Gasteiger charge is 2.30. The number of nitrogens with zero attached hydrogens (tertiary/aromatic N) is 3. The lowest BCUT2D eigenvalue weighted by molar-refractivity contribution is 0.0690. The molecule has 1 aromatic heterocycles. The van der Waals surface area contributed by atoms with Crippen LogP contribution < -0.4 is 10.6 Å². The molecule has 1 unspecified atom stereocenters. The van der Waals surface area contributed by atoms with Crippen LogP contribution in [0, 0.1) is 0 Å². The maximum absolute atomic E-state index is 11.0. The second-order valence-corrected chi connectivity index (χ2v) is 5.55. The van der Waals surface area contributed by atoms with Crippen LogP contribution in [-0.2, 0) is 0 Å². The lowest BCUT2D eigenvalue weighted by Gasteiger charge is -2.44. The van der Waals surface area contributed by atoms with Crippen molar-refractivity contribution in [2.75, 3.05) is 36.8 Å². The van der Waals surface area contributed by atoms with Crippen molar-refractivity contribution in [2.45, 2.75) is 25.3 Å². The minimum absolute atomic E-state index is 0.0558. The second-order valence-electron chi connectivity index (χ2n) is 5.55. The van der Waals surface area contributed by atoms with Crippen LogP contribution in [-0.4, -0.2) is 53.2 Å². The van der Waals surface area contributed by atoms with Crippen LogP contribution in [0.1, 0.15) is 29.8 Å². The van der Waals surface area contributed by atoms with Gasteiger partial charge >= 0.3 is 5.97 Å². The number of piperidine rings is 1. The summed E-state index contributed by atoms with van der Waals surface area (Å²) in [6, 6.07) is 3.64. The molecule has 0 aliphatic carbocycles. The fourth-order valence-electron chi connectivity index (χ4n) is 3.18. The normalized spacial score (nSPS) is 23.4. The summed E-state index contributed by atoms with van der Waals surface area (Å²) in [5.74, 6) is -0.391. The van der Waals surface area contributed by atoms with Gasteiger partial charge in [0, 0.05) is 25.7 Å². The quantitative estimate of drug-likeness (QED) is 0.839. The maximum atomic E-state index is 11.0. The number of carboxylic acid groups (broad SMARTS) is 1. The van der Waals surface area contributed by atoms with E-state index in [2.05, 4.69) is 14.8 Å². The Labute approximate surface area is 118 Å². The molecule has 3 N–H and O–H groups in total. The van der Waals surface area contributed by atoms with E-state index in [9.17, 15) is 4.79 Å². The van der Waals surface area contributed by atoms with Crippen molar-refractivity contribution in [1.29, 1.82) is 0 Å². The first-order chi connectivity index (χ1) is 9.65. The molecule has 3 rings (SSSR count). The Morgan fingerprint density at radius 1 is 1.30 bits per heavy atom. The molecule has 3 heterocycles. The molecule has 6 nitrogen and oxygen atoms in total. The SMILES string of the molecule is Nc1ccc(C(=O)O)nc1N1CCN2CCCCC2C1. The summed E-state index contributed by atoms with van der Waals surface area (Å²) in [4.78, 5) is 19.9. The minimum Gasteiger partial charge on any atom is -0.477 e. The van der Waals surface area contributed by atoms with E-state index in [0.717, 1.165) is 19.6 Å². The average molecular weight is 276 g/mol. The van der Waals surface area contributed by atoms with E-state index in [1.165, 1.54) is 31.9 Å². The molecule has 0 aromatic carbocycles. The van der Waals surface area contributed by atoms with Crippen molar-refractivity contribution in [3.63, 3.8) is 0 Å². The van der Waals surface area contributed by atoms with E-state index in [4.69, 9.17) is 10.8 Å². The fourth-order valence-corrected chi connectivity index (χ4v) is 3.18. The molecule has 0 bridgehead atoms.